The molecule has 2 atom stereocenters. The lowest BCUT2D eigenvalue weighted by Crippen LogP contribution is -2.43. The predicted octanol–water partition coefficient (Wildman–Crippen LogP) is 1.93. The smallest absolute Gasteiger partial charge is 0.0621 e. The zero-order valence-corrected chi connectivity index (χ0v) is 9.85. The molecule has 0 bridgehead atoms. The predicted molar refractivity (Wildman–Crippen MR) is 64.6 cm³/mol. The molecule has 1 aromatic heterocycles. The molecule has 1 aromatic rings. The third-order valence-corrected chi connectivity index (χ3v) is 3.25. The molecule has 84 valence electrons. The fourth-order valence-electron chi connectivity index (χ4n) is 1.89. The van der Waals surface area contributed by atoms with Crippen molar-refractivity contribution in [3.63, 3.8) is 0 Å². The van der Waals surface area contributed by atoms with E-state index in [1.165, 1.54) is 5.69 Å². The molecule has 2 rings (SSSR count). The van der Waals surface area contributed by atoms with Crippen molar-refractivity contribution in [1.29, 1.82) is 0 Å². The Morgan fingerprint density at radius 2 is 2.67 bits per heavy atom. The summed E-state index contributed by atoms with van der Waals surface area (Å²) in [5, 5.41) is 11.2. The fraction of sp³-hybridized carbons (Fsp3) is 0.636. The highest BCUT2D eigenvalue weighted by Crippen LogP contribution is 2.15. The van der Waals surface area contributed by atoms with Gasteiger partial charge in [-0.25, -0.2) is 0 Å². The maximum absolute atomic E-state index is 5.43. The number of morpholine rings is 1. The number of nitrogens with one attached hydrogen (secondary N) is 2. The van der Waals surface area contributed by atoms with Crippen molar-refractivity contribution in [2.75, 3.05) is 25.1 Å². The van der Waals surface area contributed by atoms with E-state index in [4.69, 9.17) is 4.74 Å². The summed E-state index contributed by atoms with van der Waals surface area (Å²) < 4.78 is 5.43. The summed E-state index contributed by atoms with van der Waals surface area (Å²) in [6, 6.07) is 3.10. The molecule has 15 heavy (non-hydrogen) atoms. The third-order valence-electron chi connectivity index (χ3n) is 2.57. The van der Waals surface area contributed by atoms with Crippen LogP contribution in [-0.4, -0.2) is 31.8 Å². The van der Waals surface area contributed by atoms with Gasteiger partial charge in [-0.15, -0.1) is 0 Å². The van der Waals surface area contributed by atoms with Crippen LogP contribution in [0.2, 0.25) is 0 Å². The minimum atomic E-state index is 0.485. The lowest BCUT2D eigenvalue weighted by atomic mass is 10.1. The monoisotopic (exact) mass is 226 g/mol. The topological polar surface area (TPSA) is 33.3 Å². The molecule has 1 fully saturated rings. The molecule has 1 aliphatic rings. The van der Waals surface area contributed by atoms with Crippen LogP contribution in [0.5, 0.6) is 0 Å². The van der Waals surface area contributed by atoms with E-state index < -0.39 is 0 Å². The van der Waals surface area contributed by atoms with Gasteiger partial charge in [-0.2, -0.15) is 11.3 Å². The van der Waals surface area contributed by atoms with Gasteiger partial charge in [-0.05, 0) is 24.8 Å². The number of ether oxygens (including phenoxy) is 1. The Morgan fingerprint density at radius 1 is 1.73 bits per heavy atom. The molecule has 0 amide bonds. The first-order valence-corrected chi connectivity index (χ1v) is 6.39. The Hall–Kier alpha value is -0.580. The van der Waals surface area contributed by atoms with Gasteiger partial charge in [0.25, 0.3) is 0 Å². The zero-order valence-electron chi connectivity index (χ0n) is 9.03. The lowest BCUT2D eigenvalue weighted by molar-refractivity contribution is 0.0731. The van der Waals surface area contributed by atoms with Crippen LogP contribution < -0.4 is 10.6 Å². The first-order chi connectivity index (χ1) is 7.34. The molecule has 2 unspecified atom stereocenters. The van der Waals surface area contributed by atoms with Crippen molar-refractivity contribution in [3.8, 4) is 0 Å². The van der Waals surface area contributed by atoms with Crippen molar-refractivity contribution in [3.05, 3.63) is 16.8 Å². The molecule has 4 heteroatoms. The molecule has 0 radical (unpaired) electrons. The molecule has 1 saturated heterocycles. The van der Waals surface area contributed by atoms with Crippen molar-refractivity contribution >= 4 is 17.0 Å². The first kappa shape index (κ1) is 10.9. The highest BCUT2D eigenvalue weighted by atomic mass is 32.1. The first-order valence-electron chi connectivity index (χ1n) is 5.44. The molecule has 1 aliphatic heterocycles. The number of hydrogen-bond acceptors (Lipinski definition) is 4. The second-order valence-corrected chi connectivity index (χ2v) is 4.80. The summed E-state index contributed by atoms with van der Waals surface area (Å²) in [7, 11) is 0. The van der Waals surface area contributed by atoms with Crippen molar-refractivity contribution in [2.45, 2.75) is 25.4 Å². The van der Waals surface area contributed by atoms with Crippen LogP contribution in [0.15, 0.2) is 16.8 Å². The summed E-state index contributed by atoms with van der Waals surface area (Å²) in [4.78, 5) is 0. The Bertz CT molecular complexity index is 270. The molecule has 0 saturated carbocycles. The molecule has 3 nitrogen and oxygen atoms in total. The maximum Gasteiger partial charge on any atom is 0.0621 e. The van der Waals surface area contributed by atoms with E-state index >= 15 is 0 Å². The normalized spacial score (nSPS) is 23.7. The van der Waals surface area contributed by atoms with E-state index in [-0.39, 0.29) is 0 Å². The highest BCUT2D eigenvalue weighted by molar-refractivity contribution is 7.08. The van der Waals surface area contributed by atoms with Crippen molar-refractivity contribution < 1.29 is 4.74 Å². The van der Waals surface area contributed by atoms with Gasteiger partial charge in [-0.1, -0.05) is 0 Å². The average molecular weight is 226 g/mol. The molecular weight excluding hydrogens is 208 g/mol. The number of rotatable bonds is 4. The van der Waals surface area contributed by atoms with Crippen molar-refractivity contribution in [1.82, 2.24) is 5.32 Å². The minimum absolute atomic E-state index is 0.485. The van der Waals surface area contributed by atoms with E-state index in [1.807, 2.05) is 0 Å². The summed E-state index contributed by atoms with van der Waals surface area (Å²) in [6.45, 7) is 4.89. The van der Waals surface area contributed by atoms with Gasteiger partial charge < -0.3 is 15.4 Å². The number of thiophene rings is 1. The average Bonchev–Trinajstić information content (AvgIpc) is 2.71. The Labute approximate surface area is 94.8 Å². The quantitative estimate of drug-likeness (QED) is 0.823. The second-order valence-electron chi connectivity index (χ2n) is 4.02. The fourth-order valence-corrected chi connectivity index (χ4v) is 2.48. The van der Waals surface area contributed by atoms with Crippen LogP contribution in [0.3, 0.4) is 0 Å². The number of hydrogen-bond donors (Lipinski definition) is 2. The second kappa shape index (κ2) is 5.49. The number of anilines is 1. The molecule has 0 spiro atoms. The molecule has 0 aromatic carbocycles. The molecular formula is C11H18N2OS. The van der Waals surface area contributed by atoms with Gasteiger partial charge in [-0.3, -0.25) is 0 Å². The van der Waals surface area contributed by atoms with Gasteiger partial charge >= 0.3 is 0 Å². The van der Waals surface area contributed by atoms with E-state index in [2.05, 4.69) is 34.4 Å². The maximum atomic E-state index is 5.43. The van der Waals surface area contributed by atoms with Gasteiger partial charge in [0.2, 0.25) is 0 Å². The zero-order chi connectivity index (χ0) is 10.5. The Balaban J connectivity index is 1.74. The van der Waals surface area contributed by atoms with Gasteiger partial charge in [0.15, 0.2) is 0 Å². The molecule has 2 N–H and O–H groups in total. The van der Waals surface area contributed by atoms with Gasteiger partial charge in [0.05, 0.1) is 13.2 Å². The van der Waals surface area contributed by atoms with Crippen LogP contribution in [-0.2, 0) is 4.74 Å². The van der Waals surface area contributed by atoms with Crippen LogP contribution in [0.1, 0.15) is 13.3 Å². The van der Waals surface area contributed by atoms with E-state index in [1.54, 1.807) is 11.3 Å². The van der Waals surface area contributed by atoms with Gasteiger partial charge in [0, 0.05) is 29.7 Å². The minimum Gasteiger partial charge on any atom is -0.382 e. The standard InChI is InChI=1S/C11H18N2OS/c1-9(13-10-2-5-15-8-10)6-11-7-14-4-3-12-11/h2,5,8-9,11-13H,3-4,6-7H2,1H3. The van der Waals surface area contributed by atoms with E-state index in [0.717, 1.165) is 26.2 Å². The van der Waals surface area contributed by atoms with Crippen LogP contribution >= 0.6 is 11.3 Å². The van der Waals surface area contributed by atoms with E-state index in [9.17, 15) is 0 Å². The summed E-state index contributed by atoms with van der Waals surface area (Å²) in [5.41, 5.74) is 1.23. The van der Waals surface area contributed by atoms with E-state index in [0.29, 0.717) is 12.1 Å². The third kappa shape index (κ3) is 3.48. The summed E-state index contributed by atoms with van der Waals surface area (Å²) in [5.74, 6) is 0. The molecule has 0 aliphatic carbocycles. The largest absolute Gasteiger partial charge is 0.382 e. The van der Waals surface area contributed by atoms with Crippen molar-refractivity contribution in [2.24, 2.45) is 0 Å². The van der Waals surface area contributed by atoms with Crippen LogP contribution in [0.4, 0.5) is 5.69 Å². The summed E-state index contributed by atoms with van der Waals surface area (Å²) in [6.07, 6.45) is 1.11. The Morgan fingerprint density at radius 3 is 3.33 bits per heavy atom. The lowest BCUT2D eigenvalue weighted by Gasteiger charge is -2.26. The van der Waals surface area contributed by atoms with Crippen LogP contribution in [0.25, 0.3) is 0 Å². The van der Waals surface area contributed by atoms with Gasteiger partial charge in [0.1, 0.15) is 0 Å². The summed E-state index contributed by atoms with van der Waals surface area (Å²) >= 11 is 1.72. The SMILES string of the molecule is CC(CC1COCCN1)Nc1ccsc1. The Kier molecular flexibility index (Phi) is 4.00. The highest BCUT2D eigenvalue weighted by Gasteiger charge is 2.15. The van der Waals surface area contributed by atoms with Crippen LogP contribution in [0, 0.1) is 0 Å². The molecule has 2 heterocycles.